The Labute approximate surface area is 230 Å². The molecule has 2 fully saturated rings. The van der Waals surface area contributed by atoms with E-state index in [1.165, 1.54) is 0 Å². The molecule has 39 heavy (non-hydrogen) atoms. The number of piperidine rings is 1. The minimum absolute atomic E-state index is 0.00921. The zero-order valence-electron chi connectivity index (χ0n) is 22.3. The van der Waals surface area contributed by atoms with Crippen LogP contribution in [0.15, 0.2) is 84.9 Å². The van der Waals surface area contributed by atoms with Crippen LogP contribution < -0.4 is 10.2 Å². The number of nitrogens with one attached hydrogen (secondary N) is 1. The number of sulfone groups is 1. The Morgan fingerprint density at radius 1 is 0.795 bits per heavy atom. The van der Waals surface area contributed by atoms with Crippen LogP contribution >= 0.6 is 0 Å². The van der Waals surface area contributed by atoms with E-state index in [2.05, 4.69) is 5.32 Å². The molecule has 0 spiro atoms. The lowest BCUT2D eigenvalue weighted by Gasteiger charge is -2.41. The molecule has 2 heterocycles. The number of carbonyl (C=O) groups excluding carboxylic acids is 2. The van der Waals surface area contributed by atoms with Crippen LogP contribution in [0.5, 0.6) is 0 Å². The summed E-state index contributed by atoms with van der Waals surface area (Å²) in [6, 6.07) is 27.1. The van der Waals surface area contributed by atoms with E-state index in [1.807, 2.05) is 102 Å². The van der Waals surface area contributed by atoms with Crippen molar-refractivity contribution in [1.82, 2.24) is 10.2 Å². The summed E-state index contributed by atoms with van der Waals surface area (Å²) >= 11 is 0. The first-order chi connectivity index (χ1) is 18.8. The molecule has 2 saturated heterocycles. The van der Waals surface area contributed by atoms with Gasteiger partial charge in [0.1, 0.15) is 0 Å². The highest BCUT2D eigenvalue weighted by molar-refractivity contribution is 7.91. The fraction of sp³-hybridized carbons (Fsp3) is 0.355. The molecule has 0 aromatic heterocycles. The number of nitrogens with zero attached hydrogens (tertiary/aromatic N) is 2. The number of amides is 2. The molecular weight excluding hydrogens is 510 g/mol. The molecule has 0 saturated carbocycles. The van der Waals surface area contributed by atoms with Gasteiger partial charge in [-0.05, 0) is 55.2 Å². The van der Waals surface area contributed by atoms with Crippen molar-refractivity contribution in [2.45, 2.75) is 31.2 Å². The molecule has 8 heteroatoms. The Balaban J connectivity index is 1.27. The number of anilines is 1. The van der Waals surface area contributed by atoms with Gasteiger partial charge in [0.05, 0.1) is 23.0 Å². The zero-order valence-corrected chi connectivity index (χ0v) is 23.1. The van der Waals surface area contributed by atoms with Crippen LogP contribution in [0.4, 0.5) is 5.69 Å². The van der Waals surface area contributed by atoms with Gasteiger partial charge in [-0.25, -0.2) is 8.42 Å². The van der Waals surface area contributed by atoms with Crippen molar-refractivity contribution in [2.75, 3.05) is 42.6 Å². The van der Waals surface area contributed by atoms with Crippen molar-refractivity contribution < 1.29 is 18.0 Å². The van der Waals surface area contributed by atoms with Crippen molar-refractivity contribution >= 4 is 27.3 Å². The third-order valence-corrected chi connectivity index (χ3v) is 9.75. The monoisotopic (exact) mass is 545 g/mol. The molecule has 2 amide bonds. The second-order valence-corrected chi connectivity index (χ2v) is 12.8. The Morgan fingerprint density at radius 3 is 1.95 bits per heavy atom. The van der Waals surface area contributed by atoms with Crippen molar-refractivity contribution in [3.05, 3.63) is 102 Å². The predicted octanol–water partition coefficient (Wildman–Crippen LogP) is 3.97. The summed E-state index contributed by atoms with van der Waals surface area (Å²) in [6.07, 6.45) is 1.08. The topological polar surface area (TPSA) is 86.8 Å². The summed E-state index contributed by atoms with van der Waals surface area (Å²) < 4.78 is 23.5. The second kappa shape index (κ2) is 11.2. The van der Waals surface area contributed by atoms with Crippen molar-refractivity contribution in [3.8, 4) is 0 Å². The Morgan fingerprint density at radius 2 is 1.36 bits per heavy atom. The molecule has 7 nitrogen and oxygen atoms in total. The number of benzene rings is 3. The minimum Gasteiger partial charge on any atom is -0.369 e. The molecular formula is C31H35N3O4S. The first-order valence-corrected chi connectivity index (χ1v) is 15.4. The van der Waals surface area contributed by atoms with Gasteiger partial charge in [-0.2, -0.15) is 0 Å². The maximum atomic E-state index is 13.8. The van der Waals surface area contributed by atoms with E-state index in [0.29, 0.717) is 44.6 Å². The molecule has 5 rings (SSSR count). The van der Waals surface area contributed by atoms with E-state index < -0.39 is 15.3 Å². The molecule has 2 aliphatic heterocycles. The molecule has 0 aliphatic carbocycles. The van der Waals surface area contributed by atoms with Gasteiger partial charge in [-0.3, -0.25) is 9.59 Å². The lowest BCUT2D eigenvalue weighted by molar-refractivity contribution is -0.129. The van der Waals surface area contributed by atoms with Crippen LogP contribution in [0.1, 0.15) is 47.3 Å². The van der Waals surface area contributed by atoms with Crippen LogP contribution in [0.3, 0.4) is 0 Å². The average molecular weight is 546 g/mol. The predicted molar refractivity (Wildman–Crippen MR) is 154 cm³/mol. The van der Waals surface area contributed by atoms with Gasteiger partial charge < -0.3 is 15.1 Å². The lowest BCUT2D eigenvalue weighted by atomic mass is 9.71. The third kappa shape index (κ3) is 5.86. The van der Waals surface area contributed by atoms with E-state index in [-0.39, 0.29) is 29.4 Å². The van der Waals surface area contributed by atoms with E-state index in [4.69, 9.17) is 0 Å². The van der Waals surface area contributed by atoms with Crippen LogP contribution in [-0.4, -0.2) is 62.8 Å². The number of hydrogen-bond acceptors (Lipinski definition) is 5. The van der Waals surface area contributed by atoms with Crippen LogP contribution in [0.25, 0.3) is 0 Å². The minimum atomic E-state index is -2.95. The molecule has 3 aromatic carbocycles. The van der Waals surface area contributed by atoms with Crippen molar-refractivity contribution in [1.29, 1.82) is 0 Å². The summed E-state index contributed by atoms with van der Waals surface area (Å²) in [4.78, 5) is 31.1. The highest BCUT2D eigenvalue weighted by atomic mass is 32.2. The fourth-order valence-corrected chi connectivity index (χ4v) is 6.82. The van der Waals surface area contributed by atoms with Crippen LogP contribution in [0.2, 0.25) is 0 Å². The van der Waals surface area contributed by atoms with Gasteiger partial charge in [-0.15, -0.1) is 0 Å². The van der Waals surface area contributed by atoms with Gasteiger partial charge >= 0.3 is 0 Å². The SMILES string of the molecule is C[C@H](NC(=O)C1(c2ccccc2)CCN(C(=O)c2ccc(N3CCS(=O)(=O)CC3)cc2)CC1)c1ccccc1. The highest BCUT2D eigenvalue weighted by Crippen LogP contribution is 2.37. The molecule has 1 atom stereocenters. The summed E-state index contributed by atoms with van der Waals surface area (Å²) in [7, 11) is -2.95. The molecule has 2 aliphatic rings. The molecule has 0 unspecified atom stereocenters. The fourth-order valence-electron chi connectivity index (χ4n) is 5.62. The van der Waals surface area contributed by atoms with E-state index >= 15 is 0 Å². The first kappa shape index (κ1) is 26.9. The number of likely N-dealkylation sites (tertiary alicyclic amines) is 1. The summed E-state index contributed by atoms with van der Waals surface area (Å²) in [5, 5.41) is 3.24. The largest absolute Gasteiger partial charge is 0.369 e. The quantitative estimate of drug-likeness (QED) is 0.507. The van der Waals surface area contributed by atoms with Crippen LogP contribution in [0, 0.1) is 0 Å². The maximum absolute atomic E-state index is 13.8. The van der Waals surface area contributed by atoms with E-state index in [9.17, 15) is 18.0 Å². The lowest BCUT2D eigenvalue weighted by Crippen LogP contribution is -2.53. The Hall–Kier alpha value is -3.65. The molecule has 0 radical (unpaired) electrons. The molecule has 204 valence electrons. The van der Waals surface area contributed by atoms with Gasteiger partial charge in [0.2, 0.25) is 5.91 Å². The zero-order chi connectivity index (χ0) is 27.5. The van der Waals surface area contributed by atoms with Gasteiger partial charge in [0, 0.05) is 37.4 Å². The van der Waals surface area contributed by atoms with E-state index in [1.54, 1.807) is 0 Å². The smallest absolute Gasteiger partial charge is 0.253 e. The van der Waals surface area contributed by atoms with Gasteiger partial charge in [0.25, 0.3) is 5.91 Å². The Bertz CT molecular complexity index is 1390. The summed E-state index contributed by atoms with van der Waals surface area (Å²) in [5.41, 5.74) is 2.84. The van der Waals surface area contributed by atoms with Crippen molar-refractivity contribution in [3.63, 3.8) is 0 Å². The highest BCUT2D eigenvalue weighted by Gasteiger charge is 2.44. The van der Waals surface area contributed by atoms with Crippen molar-refractivity contribution in [2.24, 2.45) is 0 Å². The number of hydrogen-bond donors (Lipinski definition) is 1. The third-order valence-electron chi connectivity index (χ3n) is 8.14. The van der Waals surface area contributed by atoms with E-state index in [0.717, 1.165) is 16.8 Å². The second-order valence-electron chi connectivity index (χ2n) is 10.5. The average Bonchev–Trinajstić information content (AvgIpc) is 2.98. The normalized spacial score (nSPS) is 19.2. The van der Waals surface area contributed by atoms with Crippen LogP contribution in [-0.2, 0) is 20.0 Å². The first-order valence-electron chi connectivity index (χ1n) is 13.5. The summed E-state index contributed by atoms with van der Waals surface area (Å²) in [6.45, 7) is 3.89. The molecule has 1 N–H and O–H groups in total. The van der Waals surface area contributed by atoms with Gasteiger partial charge in [0.15, 0.2) is 9.84 Å². The Kier molecular flexibility index (Phi) is 7.75. The molecule has 3 aromatic rings. The number of rotatable bonds is 6. The van der Waals surface area contributed by atoms with Gasteiger partial charge in [-0.1, -0.05) is 60.7 Å². The summed E-state index contributed by atoms with van der Waals surface area (Å²) in [5.74, 6) is 0.248. The maximum Gasteiger partial charge on any atom is 0.253 e. The molecule has 0 bridgehead atoms. The standard InChI is InChI=1S/C31H35N3O4S/c1-24(25-8-4-2-5-9-25)32-30(36)31(27-10-6-3-7-11-27)16-18-34(19-17-31)29(35)26-12-14-28(15-13-26)33-20-22-39(37,38)23-21-33/h2-15,24H,16-23H2,1H3,(H,32,36)/t24-/m0/s1. The number of carbonyl (C=O) groups is 2.